The lowest BCUT2D eigenvalue weighted by molar-refractivity contribution is -0.112. The number of rotatable bonds is 2. The highest BCUT2D eigenvalue weighted by atomic mass is 79.9. The van der Waals surface area contributed by atoms with Crippen molar-refractivity contribution in [2.24, 2.45) is 0 Å². The van der Waals surface area contributed by atoms with Crippen molar-refractivity contribution in [3.05, 3.63) is 70.2 Å². The van der Waals surface area contributed by atoms with E-state index in [2.05, 4.69) is 15.9 Å². The van der Waals surface area contributed by atoms with Crippen molar-refractivity contribution in [2.45, 2.75) is 0 Å². The molecule has 0 radical (unpaired) electrons. The Morgan fingerprint density at radius 2 is 1.90 bits per heavy atom. The van der Waals surface area contributed by atoms with Gasteiger partial charge in [-0.25, -0.2) is 0 Å². The number of ketones is 1. The topological polar surface area (TPSA) is 37.4 Å². The molecule has 3 nitrogen and oxygen atoms in total. The van der Waals surface area contributed by atoms with Crippen LogP contribution in [0, 0.1) is 0 Å². The highest BCUT2D eigenvalue weighted by Crippen LogP contribution is 2.35. The second-order valence-corrected chi connectivity index (χ2v) is 5.73. The number of hydrogen-bond acceptors (Lipinski definition) is 2. The molecule has 1 amide bonds. The van der Waals surface area contributed by atoms with Gasteiger partial charge in [0.25, 0.3) is 5.91 Å². The second kappa shape index (κ2) is 5.30. The molecular weight excluding hydrogens is 330 g/mol. The van der Waals surface area contributed by atoms with Gasteiger partial charge in [-0.05, 0) is 24.3 Å². The molecule has 2 aromatic rings. The van der Waals surface area contributed by atoms with Crippen LogP contribution in [0.5, 0.6) is 0 Å². The van der Waals surface area contributed by atoms with Crippen molar-refractivity contribution < 1.29 is 9.59 Å². The third kappa shape index (κ3) is 2.43. The van der Waals surface area contributed by atoms with Gasteiger partial charge < -0.3 is 4.90 Å². The molecule has 0 aliphatic carbocycles. The molecule has 2 aromatic carbocycles. The summed E-state index contributed by atoms with van der Waals surface area (Å²) in [5.74, 6) is -0.329. The number of hydrogen-bond donors (Lipinski definition) is 0. The van der Waals surface area contributed by atoms with E-state index in [-0.39, 0.29) is 11.7 Å². The van der Waals surface area contributed by atoms with Crippen molar-refractivity contribution in [2.75, 3.05) is 11.9 Å². The van der Waals surface area contributed by atoms with Crippen LogP contribution in [0.25, 0.3) is 5.57 Å². The minimum atomic E-state index is -0.176. The lowest BCUT2D eigenvalue weighted by Gasteiger charge is -2.07. The molecule has 0 aromatic heterocycles. The summed E-state index contributed by atoms with van der Waals surface area (Å²) in [5, 5.41) is 0. The van der Waals surface area contributed by atoms with Crippen LogP contribution in [0.1, 0.15) is 15.9 Å². The number of carbonyl (C=O) groups excluding carboxylic acids is 2. The molecule has 0 spiro atoms. The molecule has 21 heavy (non-hydrogen) atoms. The Morgan fingerprint density at radius 3 is 2.67 bits per heavy atom. The number of anilines is 1. The van der Waals surface area contributed by atoms with E-state index in [1.54, 1.807) is 30.1 Å². The van der Waals surface area contributed by atoms with E-state index in [0.717, 1.165) is 15.7 Å². The zero-order chi connectivity index (χ0) is 15.0. The molecule has 104 valence electrons. The van der Waals surface area contributed by atoms with Crippen LogP contribution in [0.15, 0.2) is 59.1 Å². The molecule has 0 unspecified atom stereocenters. The quantitative estimate of drug-likeness (QED) is 0.617. The van der Waals surface area contributed by atoms with Gasteiger partial charge in [0.2, 0.25) is 0 Å². The first-order valence-corrected chi connectivity index (χ1v) is 7.26. The van der Waals surface area contributed by atoms with Crippen LogP contribution in [0.2, 0.25) is 0 Å². The van der Waals surface area contributed by atoms with Crippen molar-refractivity contribution in [3.63, 3.8) is 0 Å². The largest absolute Gasteiger partial charge is 0.311 e. The zero-order valence-electron chi connectivity index (χ0n) is 11.3. The maximum atomic E-state index is 12.3. The van der Waals surface area contributed by atoms with Crippen LogP contribution in [-0.2, 0) is 4.79 Å². The minimum absolute atomic E-state index is 0.153. The number of benzene rings is 2. The van der Waals surface area contributed by atoms with Gasteiger partial charge in [-0.3, -0.25) is 9.59 Å². The number of amides is 1. The summed E-state index contributed by atoms with van der Waals surface area (Å²) < 4.78 is 0.835. The molecule has 3 rings (SSSR count). The molecule has 0 N–H and O–H groups in total. The fraction of sp³-hybridized carbons (Fsp3) is 0.0588. The fourth-order valence-electron chi connectivity index (χ4n) is 2.39. The normalized spacial score (nSPS) is 15.4. The third-order valence-electron chi connectivity index (χ3n) is 3.48. The van der Waals surface area contributed by atoms with Crippen LogP contribution >= 0.6 is 15.9 Å². The molecule has 1 aliphatic rings. The van der Waals surface area contributed by atoms with Crippen molar-refractivity contribution in [3.8, 4) is 0 Å². The number of halogens is 1. The van der Waals surface area contributed by atoms with Crippen molar-refractivity contribution in [1.82, 2.24) is 0 Å². The van der Waals surface area contributed by atoms with Crippen LogP contribution in [0.3, 0.4) is 0 Å². The molecule has 0 atom stereocenters. The highest BCUT2D eigenvalue weighted by Gasteiger charge is 2.29. The van der Waals surface area contributed by atoms with Gasteiger partial charge in [0, 0.05) is 22.6 Å². The number of nitrogens with zero attached hydrogens (tertiary/aromatic N) is 1. The standard InChI is InChI=1S/C17H12BrNO2/c1-19-15-8-3-2-7-13(15)14(17(19)21)10-16(20)11-5-4-6-12(18)9-11/h2-10H,1H3. The predicted molar refractivity (Wildman–Crippen MR) is 86.3 cm³/mol. The second-order valence-electron chi connectivity index (χ2n) is 4.81. The summed E-state index contributed by atoms with van der Waals surface area (Å²) in [7, 11) is 1.71. The Bertz CT molecular complexity index is 780. The van der Waals surface area contributed by atoms with Crippen molar-refractivity contribution in [1.29, 1.82) is 0 Å². The highest BCUT2D eigenvalue weighted by molar-refractivity contribution is 9.10. The molecule has 0 saturated heterocycles. The van der Waals surface area contributed by atoms with E-state index in [4.69, 9.17) is 0 Å². The van der Waals surface area contributed by atoms with Crippen LogP contribution < -0.4 is 4.90 Å². The molecule has 0 bridgehead atoms. The Balaban J connectivity index is 2.04. The smallest absolute Gasteiger partial charge is 0.258 e. The number of carbonyl (C=O) groups is 2. The average molecular weight is 342 g/mol. The summed E-state index contributed by atoms with van der Waals surface area (Å²) in [6.45, 7) is 0. The first-order valence-electron chi connectivity index (χ1n) is 6.47. The Kier molecular flexibility index (Phi) is 3.47. The summed E-state index contributed by atoms with van der Waals surface area (Å²) >= 11 is 3.34. The predicted octanol–water partition coefficient (Wildman–Crippen LogP) is 3.69. The molecule has 0 saturated carbocycles. The van der Waals surface area contributed by atoms with Gasteiger partial charge in [-0.15, -0.1) is 0 Å². The first kappa shape index (κ1) is 13.8. The van der Waals surface area contributed by atoms with Crippen LogP contribution in [-0.4, -0.2) is 18.7 Å². The summed E-state index contributed by atoms with van der Waals surface area (Å²) in [5.41, 5.74) is 2.62. The van der Waals surface area contributed by atoms with Gasteiger partial charge in [0.1, 0.15) is 0 Å². The van der Waals surface area contributed by atoms with Crippen molar-refractivity contribution >= 4 is 38.9 Å². The lowest BCUT2D eigenvalue weighted by atomic mass is 10.0. The first-order chi connectivity index (χ1) is 10.1. The Labute approximate surface area is 131 Å². The van der Waals surface area contributed by atoms with E-state index in [0.29, 0.717) is 11.1 Å². The van der Waals surface area contributed by atoms with Gasteiger partial charge in [-0.1, -0.05) is 46.3 Å². The minimum Gasteiger partial charge on any atom is -0.311 e. The summed E-state index contributed by atoms with van der Waals surface area (Å²) in [6.07, 6.45) is 1.42. The van der Waals surface area contributed by atoms with Gasteiger partial charge in [-0.2, -0.15) is 0 Å². The van der Waals surface area contributed by atoms with E-state index in [1.165, 1.54) is 6.08 Å². The summed E-state index contributed by atoms with van der Waals surface area (Å²) in [4.78, 5) is 26.2. The van der Waals surface area contributed by atoms with Gasteiger partial charge >= 0.3 is 0 Å². The number of para-hydroxylation sites is 1. The SMILES string of the molecule is CN1C(=O)C(=CC(=O)c2cccc(Br)c2)c2ccccc21. The number of likely N-dealkylation sites (N-methyl/N-ethyl adjacent to an activating group) is 1. The van der Waals surface area contributed by atoms with Crippen LogP contribution in [0.4, 0.5) is 5.69 Å². The van der Waals surface area contributed by atoms with Gasteiger partial charge in [0.05, 0.1) is 11.3 Å². The number of fused-ring (bicyclic) bond motifs is 1. The lowest BCUT2D eigenvalue weighted by Crippen LogP contribution is -2.20. The molecule has 1 aliphatic heterocycles. The fourth-order valence-corrected chi connectivity index (χ4v) is 2.79. The van der Waals surface area contributed by atoms with E-state index in [9.17, 15) is 9.59 Å². The third-order valence-corrected chi connectivity index (χ3v) is 3.97. The molecule has 0 fully saturated rings. The Hall–Kier alpha value is -2.20. The van der Waals surface area contributed by atoms with E-state index >= 15 is 0 Å². The zero-order valence-corrected chi connectivity index (χ0v) is 12.9. The van der Waals surface area contributed by atoms with E-state index < -0.39 is 0 Å². The average Bonchev–Trinajstić information content (AvgIpc) is 2.73. The molecule has 1 heterocycles. The monoisotopic (exact) mass is 341 g/mol. The molecule has 4 heteroatoms. The Morgan fingerprint density at radius 1 is 1.14 bits per heavy atom. The maximum Gasteiger partial charge on any atom is 0.258 e. The summed E-state index contributed by atoms with van der Waals surface area (Å²) in [6, 6.07) is 14.6. The van der Waals surface area contributed by atoms with Gasteiger partial charge in [0.15, 0.2) is 5.78 Å². The van der Waals surface area contributed by atoms with E-state index in [1.807, 2.05) is 30.3 Å². The number of allylic oxidation sites excluding steroid dienone is 1. The molecular formula is C17H12BrNO2. The maximum absolute atomic E-state index is 12.3.